The fraction of sp³-hybridized carbons (Fsp3) is 0.500. The Hall–Kier alpha value is 0.224. The number of benzene rings is 1. The Morgan fingerprint density at radius 2 is 1.36 bits per heavy atom. The summed E-state index contributed by atoms with van der Waals surface area (Å²) in [7, 11) is 4.64. The molecule has 0 saturated carbocycles. The molecule has 14 heavy (non-hydrogen) atoms. The Kier molecular flexibility index (Phi) is 7.63. The summed E-state index contributed by atoms with van der Waals surface area (Å²) in [5.74, 6) is 1.17. The van der Waals surface area contributed by atoms with Gasteiger partial charge in [-0.15, -0.1) is 0 Å². The maximum atomic E-state index is 4.64. The van der Waals surface area contributed by atoms with E-state index in [1.54, 1.807) is 0 Å². The Balaban J connectivity index is 0.000000791. The van der Waals surface area contributed by atoms with Gasteiger partial charge in [-0.05, 0) is 29.0 Å². The predicted molar refractivity (Wildman–Crippen MR) is 59.3 cm³/mol. The van der Waals surface area contributed by atoms with E-state index in [0.717, 1.165) is 0 Å². The van der Waals surface area contributed by atoms with Crippen LogP contribution in [-0.2, 0) is 19.4 Å². The number of rotatable bonds is 2. The van der Waals surface area contributed by atoms with E-state index >= 15 is 0 Å². The van der Waals surface area contributed by atoms with Crippen molar-refractivity contribution in [3.63, 3.8) is 0 Å². The number of hydrogen-bond donors (Lipinski definition) is 0. The molecule has 0 atom stereocenters. The minimum atomic E-state index is 0.587. The van der Waals surface area contributed by atoms with Gasteiger partial charge in [-0.2, -0.15) is 0 Å². The van der Waals surface area contributed by atoms with Crippen LogP contribution < -0.4 is 0 Å². The van der Waals surface area contributed by atoms with E-state index in [4.69, 9.17) is 0 Å². The van der Waals surface area contributed by atoms with Crippen molar-refractivity contribution < 1.29 is 19.4 Å². The molecule has 0 aromatic heterocycles. The first-order valence-electron chi connectivity index (χ1n) is 4.82. The molecular weight excluding hydrogens is 227 g/mol. The van der Waals surface area contributed by atoms with Crippen molar-refractivity contribution in [2.45, 2.75) is 39.5 Å². The molecule has 0 aliphatic heterocycles. The van der Waals surface area contributed by atoms with E-state index in [1.807, 2.05) is 0 Å². The second-order valence-electron chi connectivity index (χ2n) is 3.87. The van der Waals surface area contributed by atoms with Crippen LogP contribution in [0.1, 0.15) is 50.7 Å². The molecule has 0 N–H and O–H groups in total. The van der Waals surface area contributed by atoms with Gasteiger partial charge in [0.15, 0.2) is 0 Å². The fourth-order valence-corrected chi connectivity index (χ4v) is 1.18. The van der Waals surface area contributed by atoms with Crippen LogP contribution in [0.4, 0.5) is 0 Å². The average molecular weight is 245 g/mol. The van der Waals surface area contributed by atoms with Gasteiger partial charge in [0.1, 0.15) is 0 Å². The number of hydrogen-bond acceptors (Lipinski definition) is 0. The maximum absolute atomic E-state index is 4.64. The van der Waals surface area contributed by atoms with Crippen LogP contribution in [0, 0.1) is 6.07 Å². The van der Waals surface area contributed by atoms with Crippen molar-refractivity contribution in [3.05, 3.63) is 35.4 Å². The second-order valence-corrected chi connectivity index (χ2v) is 3.87. The predicted octanol–water partition coefficient (Wildman–Crippen LogP) is 4.42. The molecule has 0 unspecified atom stereocenters. The molecule has 1 aromatic rings. The van der Waals surface area contributed by atoms with E-state index in [-0.39, 0.29) is 0 Å². The van der Waals surface area contributed by atoms with Crippen molar-refractivity contribution in [1.82, 2.24) is 0 Å². The quantitative estimate of drug-likeness (QED) is 0.676. The summed E-state index contributed by atoms with van der Waals surface area (Å²) in [5.41, 5.74) is 2.64. The van der Waals surface area contributed by atoms with Crippen molar-refractivity contribution in [3.8, 4) is 0 Å². The molecule has 0 aliphatic carbocycles. The summed E-state index contributed by atoms with van der Waals surface area (Å²) >= 11 is 1.47. The van der Waals surface area contributed by atoms with Crippen LogP contribution >= 0.6 is 9.30 Å². The first-order chi connectivity index (χ1) is 6.61. The summed E-state index contributed by atoms with van der Waals surface area (Å²) in [4.78, 5) is 0. The fourth-order valence-electron chi connectivity index (χ4n) is 1.18. The molecule has 0 amide bonds. The standard InChI is InChI=1S/C12H17.ClH.Ti/c1-9(2)11-6-5-7-12(8-11)10(3)4;;/h5-7,9-10H,1-4H3;1H;/q;;+1/p-1. The van der Waals surface area contributed by atoms with Gasteiger partial charge >= 0.3 is 28.7 Å². The van der Waals surface area contributed by atoms with Crippen molar-refractivity contribution in [2.24, 2.45) is 0 Å². The van der Waals surface area contributed by atoms with Crippen LogP contribution in [-0.4, -0.2) is 0 Å². The molecule has 0 saturated heterocycles. The molecule has 0 nitrogen and oxygen atoms in total. The van der Waals surface area contributed by atoms with Gasteiger partial charge in [0, 0.05) is 0 Å². The summed E-state index contributed by atoms with van der Waals surface area (Å²) in [6, 6.07) is 9.87. The first-order valence-corrected chi connectivity index (χ1v) is 6.97. The molecule has 0 spiro atoms. The third kappa shape index (κ3) is 4.64. The van der Waals surface area contributed by atoms with Crippen molar-refractivity contribution in [2.75, 3.05) is 0 Å². The van der Waals surface area contributed by atoms with Gasteiger partial charge < -0.3 is 0 Å². The molecule has 1 aromatic carbocycles. The van der Waals surface area contributed by atoms with E-state index in [2.05, 4.69) is 61.3 Å². The second kappa shape index (κ2) is 7.51. The molecule has 0 aliphatic rings. The van der Waals surface area contributed by atoms with Gasteiger partial charge in [-0.25, -0.2) is 0 Å². The van der Waals surface area contributed by atoms with Crippen molar-refractivity contribution >= 4 is 9.30 Å². The Morgan fingerprint density at radius 1 is 1.00 bits per heavy atom. The van der Waals surface area contributed by atoms with Gasteiger partial charge in [0.05, 0.1) is 0 Å². The first kappa shape index (κ1) is 14.2. The van der Waals surface area contributed by atoms with E-state index in [0.29, 0.717) is 11.8 Å². The van der Waals surface area contributed by atoms with Crippen molar-refractivity contribution in [1.29, 1.82) is 0 Å². The monoisotopic (exact) mass is 244 g/mol. The van der Waals surface area contributed by atoms with Crippen LogP contribution in [0.25, 0.3) is 0 Å². The molecular formula is C12H17ClTi. The topological polar surface area (TPSA) is 0 Å². The molecule has 0 fully saturated rings. The van der Waals surface area contributed by atoms with Gasteiger partial charge in [0.25, 0.3) is 0 Å². The van der Waals surface area contributed by atoms with Crippen LogP contribution in [0.3, 0.4) is 0 Å². The van der Waals surface area contributed by atoms with Crippen LogP contribution in [0.5, 0.6) is 0 Å². The summed E-state index contributed by atoms with van der Waals surface area (Å²) < 4.78 is 0. The molecule has 0 heterocycles. The van der Waals surface area contributed by atoms with Crippen LogP contribution in [0.15, 0.2) is 18.2 Å². The molecule has 1 radical (unpaired) electrons. The zero-order valence-electron chi connectivity index (χ0n) is 9.26. The summed E-state index contributed by atoms with van der Waals surface area (Å²) in [6.45, 7) is 8.82. The zero-order chi connectivity index (χ0) is 11.1. The van der Waals surface area contributed by atoms with Gasteiger partial charge in [0.2, 0.25) is 0 Å². The minimum absolute atomic E-state index is 0.587. The molecule has 76 valence electrons. The summed E-state index contributed by atoms with van der Waals surface area (Å²) in [5, 5.41) is 0. The SMILES string of the molecule is CC(C)c1[c]c(C(C)C)ccc1.[Cl][Ti]. The Bertz CT molecular complexity index is 233. The Morgan fingerprint density at radius 3 is 1.64 bits per heavy atom. The normalized spacial score (nSPS) is 9.86. The summed E-state index contributed by atoms with van der Waals surface area (Å²) in [6.07, 6.45) is 0. The zero-order valence-corrected chi connectivity index (χ0v) is 11.6. The van der Waals surface area contributed by atoms with Gasteiger partial charge in [-0.1, -0.05) is 45.9 Å². The molecule has 2 heteroatoms. The molecule has 1 rings (SSSR count). The Labute approximate surface area is 103 Å². The third-order valence-electron chi connectivity index (χ3n) is 2.08. The third-order valence-corrected chi connectivity index (χ3v) is 2.08. The van der Waals surface area contributed by atoms with E-state index in [1.165, 1.54) is 30.5 Å². The molecule has 0 bridgehead atoms. The van der Waals surface area contributed by atoms with Crippen LogP contribution in [0.2, 0.25) is 0 Å². The average Bonchev–Trinajstić information content (AvgIpc) is 2.21. The number of halogens is 1. The van der Waals surface area contributed by atoms with E-state index < -0.39 is 0 Å². The van der Waals surface area contributed by atoms with E-state index in [9.17, 15) is 0 Å². The van der Waals surface area contributed by atoms with Gasteiger partial charge in [-0.3, -0.25) is 0 Å².